The maximum absolute atomic E-state index is 5.88. The van der Waals surface area contributed by atoms with Gasteiger partial charge in [0.05, 0.1) is 0 Å². The molecule has 106 valence electrons. The normalized spacial score (nSPS) is 19.4. The van der Waals surface area contributed by atoms with Crippen LogP contribution in [0.15, 0.2) is 22.7 Å². The van der Waals surface area contributed by atoms with Crippen molar-refractivity contribution in [3.8, 4) is 0 Å². The number of anilines is 1. The summed E-state index contributed by atoms with van der Waals surface area (Å²) in [7, 11) is 0. The van der Waals surface area contributed by atoms with Gasteiger partial charge in [-0.05, 0) is 43.3 Å². The largest absolute Gasteiger partial charge is 0.370 e. The zero-order valence-corrected chi connectivity index (χ0v) is 13.5. The summed E-state index contributed by atoms with van der Waals surface area (Å²) in [4.78, 5) is 5.04. The predicted molar refractivity (Wildman–Crippen MR) is 85.6 cm³/mol. The molecule has 1 aliphatic rings. The molecule has 0 bridgehead atoms. The van der Waals surface area contributed by atoms with Gasteiger partial charge >= 0.3 is 0 Å². The molecule has 0 spiro atoms. The number of nitrogens with zero attached hydrogens (tertiary/aromatic N) is 2. The number of nitrogens with two attached hydrogens (primary N) is 1. The van der Waals surface area contributed by atoms with E-state index in [0.717, 1.165) is 30.7 Å². The maximum Gasteiger partial charge on any atom is 0.0413 e. The first-order valence-corrected chi connectivity index (χ1v) is 7.96. The molecule has 1 heterocycles. The summed E-state index contributed by atoms with van der Waals surface area (Å²) in [6.45, 7) is 9.62. The number of rotatable bonds is 5. The van der Waals surface area contributed by atoms with Gasteiger partial charge in [0.15, 0.2) is 0 Å². The van der Waals surface area contributed by atoms with Crippen molar-refractivity contribution in [2.75, 3.05) is 31.1 Å². The van der Waals surface area contributed by atoms with Crippen LogP contribution >= 0.6 is 15.9 Å². The van der Waals surface area contributed by atoms with E-state index in [4.69, 9.17) is 5.73 Å². The van der Waals surface area contributed by atoms with Crippen LogP contribution in [-0.2, 0) is 6.54 Å². The molecule has 1 aromatic rings. The standard InChI is InChI=1S/C15H24BrN3/c1-3-18(4-2)14-7-8-19(11-14)15-6-5-13(16)9-12(15)10-17/h5-6,9,14H,3-4,7-8,10-11,17H2,1-2H3. The lowest BCUT2D eigenvalue weighted by atomic mass is 10.1. The lowest BCUT2D eigenvalue weighted by Gasteiger charge is -2.27. The van der Waals surface area contributed by atoms with Crippen molar-refractivity contribution in [3.05, 3.63) is 28.2 Å². The topological polar surface area (TPSA) is 32.5 Å². The molecule has 0 radical (unpaired) electrons. The van der Waals surface area contributed by atoms with Crippen molar-refractivity contribution in [2.45, 2.75) is 32.9 Å². The molecular weight excluding hydrogens is 302 g/mol. The Labute approximate surface area is 124 Å². The Bertz CT molecular complexity index is 418. The van der Waals surface area contributed by atoms with Gasteiger partial charge in [-0.25, -0.2) is 0 Å². The minimum atomic E-state index is 0.598. The molecule has 0 aliphatic carbocycles. The molecule has 1 aliphatic heterocycles. The third-order valence-corrected chi connectivity index (χ3v) is 4.59. The van der Waals surface area contributed by atoms with Crippen LogP contribution in [0.5, 0.6) is 0 Å². The minimum Gasteiger partial charge on any atom is -0.370 e. The van der Waals surface area contributed by atoms with Gasteiger partial charge in [0.1, 0.15) is 0 Å². The minimum absolute atomic E-state index is 0.598. The van der Waals surface area contributed by atoms with E-state index < -0.39 is 0 Å². The lowest BCUT2D eigenvalue weighted by molar-refractivity contribution is 0.232. The van der Waals surface area contributed by atoms with Gasteiger partial charge in [-0.2, -0.15) is 0 Å². The second-order valence-electron chi connectivity index (χ2n) is 5.09. The molecule has 1 saturated heterocycles. The Hall–Kier alpha value is -0.580. The molecule has 19 heavy (non-hydrogen) atoms. The zero-order chi connectivity index (χ0) is 13.8. The van der Waals surface area contributed by atoms with E-state index in [1.807, 2.05) is 0 Å². The second-order valence-corrected chi connectivity index (χ2v) is 6.00. The molecule has 4 heteroatoms. The Morgan fingerprint density at radius 2 is 2.11 bits per heavy atom. The Morgan fingerprint density at radius 3 is 2.74 bits per heavy atom. The summed E-state index contributed by atoms with van der Waals surface area (Å²) >= 11 is 3.52. The number of hydrogen-bond donors (Lipinski definition) is 1. The first-order chi connectivity index (χ1) is 9.19. The Morgan fingerprint density at radius 1 is 1.37 bits per heavy atom. The fraction of sp³-hybridized carbons (Fsp3) is 0.600. The summed E-state index contributed by atoms with van der Waals surface area (Å²) in [5.74, 6) is 0. The van der Waals surface area contributed by atoms with E-state index in [0.29, 0.717) is 12.6 Å². The van der Waals surface area contributed by atoms with Gasteiger partial charge in [-0.15, -0.1) is 0 Å². The van der Waals surface area contributed by atoms with Gasteiger partial charge in [-0.1, -0.05) is 29.8 Å². The van der Waals surface area contributed by atoms with Crippen LogP contribution in [0, 0.1) is 0 Å². The van der Waals surface area contributed by atoms with E-state index >= 15 is 0 Å². The summed E-state index contributed by atoms with van der Waals surface area (Å²) < 4.78 is 1.11. The highest BCUT2D eigenvalue weighted by molar-refractivity contribution is 9.10. The van der Waals surface area contributed by atoms with Crippen LogP contribution in [0.3, 0.4) is 0 Å². The predicted octanol–water partition coefficient (Wildman–Crippen LogP) is 2.83. The number of likely N-dealkylation sites (N-methyl/N-ethyl adjacent to an activating group) is 1. The smallest absolute Gasteiger partial charge is 0.0413 e. The van der Waals surface area contributed by atoms with Crippen LogP contribution in [0.2, 0.25) is 0 Å². The zero-order valence-electron chi connectivity index (χ0n) is 11.9. The highest BCUT2D eigenvalue weighted by atomic mass is 79.9. The SMILES string of the molecule is CCN(CC)C1CCN(c2ccc(Br)cc2CN)C1. The van der Waals surface area contributed by atoms with E-state index in [9.17, 15) is 0 Å². The number of halogens is 1. The summed E-state index contributed by atoms with van der Waals surface area (Å²) in [6.07, 6.45) is 1.25. The molecule has 3 nitrogen and oxygen atoms in total. The van der Waals surface area contributed by atoms with Crippen molar-refractivity contribution in [3.63, 3.8) is 0 Å². The Balaban J connectivity index is 2.12. The van der Waals surface area contributed by atoms with Crippen LogP contribution in [0.4, 0.5) is 5.69 Å². The van der Waals surface area contributed by atoms with Crippen molar-refractivity contribution in [1.29, 1.82) is 0 Å². The van der Waals surface area contributed by atoms with Gasteiger partial charge in [-0.3, -0.25) is 4.90 Å². The average molecular weight is 326 g/mol. The van der Waals surface area contributed by atoms with Crippen molar-refractivity contribution in [2.24, 2.45) is 5.73 Å². The van der Waals surface area contributed by atoms with Crippen LogP contribution in [0.1, 0.15) is 25.8 Å². The van der Waals surface area contributed by atoms with E-state index in [1.54, 1.807) is 0 Å². The monoisotopic (exact) mass is 325 g/mol. The van der Waals surface area contributed by atoms with Gasteiger partial charge in [0.25, 0.3) is 0 Å². The average Bonchev–Trinajstić information content (AvgIpc) is 2.89. The first-order valence-electron chi connectivity index (χ1n) is 7.17. The molecule has 1 aromatic carbocycles. The first kappa shape index (κ1) is 14.8. The van der Waals surface area contributed by atoms with Crippen LogP contribution in [-0.4, -0.2) is 37.1 Å². The van der Waals surface area contributed by atoms with Gasteiger partial charge < -0.3 is 10.6 Å². The van der Waals surface area contributed by atoms with E-state index in [-0.39, 0.29) is 0 Å². The highest BCUT2D eigenvalue weighted by Crippen LogP contribution is 2.28. The molecule has 2 N–H and O–H groups in total. The third-order valence-electron chi connectivity index (χ3n) is 4.09. The second kappa shape index (κ2) is 6.73. The van der Waals surface area contributed by atoms with Crippen molar-refractivity contribution in [1.82, 2.24) is 4.90 Å². The van der Waals surface area contributed by atoms with Crippen molar-refractivity contribution >= 4 is 21.6 Å². The molecule has 1 unspecified atom stereocenters. The van der Waals surface area contributed by atoms with Crippen LogP contribution in [0.25, 0.3) is 0 Å². The van der Waals surface area contributed by atoms with Crippen LogP contribution < -0.4 is 10.6 Å². The molecule has 0 amide bonds. The summed E-state index contributed by atoms with van der Waals surface area (Å²) in [5.41, 5.74) is 8.41. The Kier molecular flexibility index (Phi) is 5.25. The molecule has 1 atom stereocenters. The molecule has 0 aromatic heterocycles. The summed E-state index contributed by atoms with van der Waals surface area (Å²) in [6, 6.07) is 7.13. The fourth-order valence-electron chi connectivity index (χ4n) is 3.02. The van der Waals surface area contributed by atoms with Crippen molar-refractivity contribution < 1.29 is 0 Å². The van der Waals surface area contributed by atoms with E-state index in [1.165, 1.54) is 17.7 Å². The third kappa shape index (κ3) is 3.30. The van der Waals surface area contributed by atoms with Gasteiger partial charge in [0, 0.05) is 35.8 Å². The highest BCUT2D eigenvalue weighted by Gasteiger charge is 2.27. The molecule has 0 saturated carbocycles. The maximum atomic E-state index is 5.88. The van der Waals surface area contributed by atoms with Gasteiger partial charge in [0.2, 0.25) is 0 Å². The quantitative estimate of drug-likeness (QED) is 0.903. The molecular formula is C15H24BrN3. The molecule has 2 rings (SSSR count). The molecule has 1 fully saturated rings. The summed E-state index contributed by atoms with van der Waals surface area (Å²) in [5, 5.41) is 0. The number of hydrogen-bond acceptors (Lipinski definition) is 3. The van der Waals surface area contributed by atoms with E-state index in [2.05, 4.69) is 57.8 Å². The number of benzene rings is 1. The fourth-order valence-corrected chi connectivity index (χ4v) is 3.43. The lowest BCUT2D eigenvalue weighted by Crippen LogP contribution is -2.37.